The Bertz CT molecular complexity index is 306. The largest absolute Gasteiger partial charge is 0.353 e. The first kappa shape index (κ1) is 12.4. The van der Waals surface area contributed by atoms with Crippen LogP contribution in [-0.2, 0) is 9.59 Å². The first-order chi connectivity index (χ1) is 8.15. The highest BCUT2D eigenvalue weighted by Crippen LogP contribution is 2.15. The van der Waals surface area contributed by atoms with Gasteiger partial charge in [-0.05, 0) is 31.7 Å². The Hall–Kier alpha value is -1.10. The molecule has 96 valence electrons. The Labute approximate surface area is 102 Å². The molecule has 3 N–H and O–H groups in total. The number of nitrogens with one attached hydrogen (secondary N) is 3. The van der Waals surface area contributed by atoms with Gasteiger partial charge in [-0.1, -0.05) is 6.92 Å². The molecule has 2 aliphatic heterocycles. The minimum Gasteiger partial charge on any atom is -0.353 e. The fraction of sp³-hybridized carbons (Fsp3) is 0.833. The van der Waals surface area contributed by atoms with Crippen molar-refractivity contribution in [3.05, 3.63) is 0 Å². The van der Waals surface area contributed by atoms with Gasteiger partial charge in [-0.15, -0.1) is 0 Å². The summed E-state index contributed by atoms with van der Waals surface area (Å²) in [5.74, 6) is 0.768. The first-order valence-electron chi connectivity index (χ1n) is 6.45. The lowest BCUT2D eigenvalue weighted by Crippen LogP contribution is -2.50. The number of carbonyl (C=O) groups excluding carboxylic acids is 2. The molecule has 3 unspecified atom stereocenters. The van der Waals surface area contributed by atoms with Crippen LogP contribution in [-0.4, -0.2) is 37.0 Å². The van der Waals surface area contributed by atoms with Crippen LogP contribution in [0.4, 0.5) is 0 Å². The van der Waals surface area contributed by atoms with Gasteiger partial charge in [0.1, 0.15) is 0 Å². The van der Waals surface area contributed by atoms with E-state index in [2.05, 4.69) is 22.9 Å². The third-order valence-electron chi connectivity index (χ3n) is 3.59. The van der Waals surface area contributed by atoms with Crippen molar-refractivity contribution < 1.29 is 9.59 Å². The maximum atomic E-state index is 11.9. The van der Waals surface area contributed by atoms with E-state index in [9.17, 15) is 9.59 Å². The van der Waals surface area contributed by atoms with Gasteiger partial charge >= 0.3 is 0 Å². The molecular formula is C12H21N3O2. The molecule has 0 bridgehead atoms. The summed E-state index contributed by atoms with van der Waals surface area (Å²) < 4.78 is 0. The molecule has 0 aromatic heterocycles. The number of carbonyl (C=O) groups is 2. The summed E-state index contributed by atoms with van der Waals surface area (Å²) in [5.41, 5.74) is 0. The van der Waals surface area contributed by atoms with E-state index >= 15 is 0 Å². The normalized spacial score (nSPS) is 33.2. The van der Waals surface area contributed by atoms with Crippen molar-refractivity contribution in [3.63, 3.8) is 0 Å². The van der Waals surface area contributed by atoms with E-state index in [-0.39, 0.29) is 23.9 Å². The van der Waals surface area contributed by atoms with Gasteiger partial charge in [0.2, 0.25) is 11.8 Å². The monoisotopic (exact) mass is 239 g/mol. The van der Waals surface area contributed by atoms with Crippen LogP contribution < -0.4 is 16.0 Å². The Balaban J connectivity index is 1.71. The molecule has 2 rings (SSSR count). The van der Waals surface area contributed by atoms with E-state index in [1.54, 1.807) is 0 Å². The summed E-state index contributed by atoms with van der Waals surface area (Å²) in [6.45, 7) is 3.65. The van der Waals surface area contributed by atoms with Crippen molar-refractivity contribution in [2.45, 2.75) is 44.7 Å². The Morgan fingerprint density at radius 1 is 1.47 bits per heavy atom. The predicted molar refractivity (Wildman–Crippen MR) is 64.4 cm³/mol. The molecular weight excluding hydrogens is 218 g/mol. The van der Waals surface area contributed by atoms with Crippen LogP contribution in [0.1, 0.15) is 32.6 Å². The summed E-state index contributed by atoms with van der Waals surface area (Å²) in [7, 11) is 0. The highest BCUT2D eigenvalue weighted by Gasteiger charge is 2.26. The van der Waals surface area contributed by atoms with Crippen LogP contribution in [0.25, 0.3) is 0 Å². The summed E-state index contributed by atoms with van der Waals surface area (Å²) in [6, 6.07) is 0.0586. The molecule has 2 saturated heterocycles. The predicted octanol–water partition coefficient (Wildman–Crippen LogP) is -0.231. The number of amides is 2. The molecule has 2 fully saturated rings. The third-order valence-corrected chi connectivity index (χ3v) is 3.59. The van der Waals surface area contributed by atoms with E-state index in [4.69, 9.17) is 0 Å². The molecule has 0 spiro atoms. The molecule has 2 amide bonds. The van der Waals surface area contributed by atoms with Crippen LogP contribution in [0.3, 0.4) is 0 Å². The highest BCUT2D eigenvalue weighted by molar-refractivity contribution is 5.82. The summed E-state index contributed by atoms with van der Waals surface area (Å²) >= 11 is 0. The smallest absolute Gasteiger partial charge is 0.237 e. The standard InChI is InChI=1S/C12H21N3O2/c1-8-4-5-13-10(6-8)12(17)14-7-9-2-3-11(16)15-9/h8-10,13H,2-7H2,1H3,(H,14,17)(H,15,16). The minimum atomic E-state index is -0.0594. The molecule has 0 radical (unpaired) electrons. The minimum absolute atomic E-state index is 0.0594. The maximum Gasteiger partial charge on any atom is 0.237 e. The second-order valence-electron chi connectivity index (χ2n) is 5.18. The van der Waals surface area contributed by atoms with Gasteiger partial charge in [-0.3, -0.25) is 9.59 Å². The molecule has 2 aliphatic rings. The number of hydrogen-bond acceptors (Lipinski definition) is 3. The van der Waals surface area contributed by atoms with E-state index in [0.29, 0.717) is 18.9 Å². The Morgan fingerprint density at radius 3 is 2.94 bits per heavy atom. The van der Waals surface area contributed by atoms with Gasteiger partial charge < -0.3 is 16.0 Å². The van der Waals surface area contributed by atoms with E-state index < -0.39 is 0 Å². The maximum absolute atomic E-state index is 11.9. The van der Waals surface area contributed by atoms with E-state index in [0.717, 1.165) is 25.8 Å². The van der Waals surface area contributed by atoms with Gasteiger partial charge in [0, 0.05) is 19.0 Å². The molecule has 0 saturated carbocycles. The lowest BCUT2D eigenvalue weighted by atomic mass is 9.94. The first-order valence-corrected chi connectivity index (χ1v) is 6.45. The van der Waals surface area contributed by atoms with Gasteiger partial charge in [-0.2, -0.15) is 0 Å². The molecule has 0 aromatic carbocycles. The quantitative estimate of drug-likeness (QED) is 0.637. The van der Waals surface area contributed by atoms with Crippen molar-refractivity contribution in [1.29, 1.82) is 0 Å². The summed E-state index contributed by atoms with van der Waals surface area (Å²) in [6.07, 6.45) is 3.46. The second-order valence-corrected chi connectivity index (χ2v) is 5.18. The molecule has 0 aliphatic carbocycles. The Kier molecular flexibility index (Phi) is 3.99. The van der Waals surface area contributed by atoms with Crippen molar-refractivity contribution >= 4 is 11.8 Å². The van der Waals surface area contributed by atoms with Crippen LogP contribution in [0.2, 0.25) is 0 Å². The van der Waals surface area contributed by atoms with Crippen LogP contribution in [0.15, 0.2) is 0 Å². The van der Waals surface area contributed by atoms with Gasteiger partial charge in [0.05, 0.1) is 6.04 Å². The third kappa shape index (κ3) is 3.43. The highest BCUT2D eigenvalue weighted by atomic mass is 16.2. The topological polar surface area (TPSA) is 70.2 Å². The van der Waals surface area contributed by atoms with Crippen molar-refractivity contribution in [1.82, 2.24) is 16.0 Å². The van der Waals surface area contributed by atoms with Gasteiger partial charge in [0.15, 0.2) is 0 Å². The molecule has 5 heteroatoms. The Morgan fingerprint density at radius 2 is 2.29 bits per heavy atom. The average Bonchev–Trinajstić information content (AvgIpc) is 2.72. The fourth-order valence-electron chi connectivity index (χ4n) is 2.48. The van der Waals surface area contributed by atoms with Crippen molar-refractivity contribution in [2.24, 2.45) is 5.92 Å². The SMILES string of the molecule is CC1CCNC(C(=O)NCC2CCC(=O)N2)C1. The van der Waals surface area contributed by atoms with Gasteiger partial charge in [-0.25, -0.2) is 0 Å². The van der Waals surface area contributed by atoms with Crippen molar-refractivity contribution in [2.75, 3.05) is 13.1 Å². The van der Waals surface area contributed by atoms with E-state index in [1.807, 2.05) is 0 Å². The summed E-state index contributed by atoms with van der Waals surface area (Å²) in [5, 5.41) is 9.00. The zero-order valence-corrected chi connectivity index (χ0v) is 10.3. The van der Waals surface area contributed by atoms with Crippen molar-refractivity contribution in [3.8, 4) is 0 Å². The molecule has 5 nitrogen and oxygen atoms in total. The zero-order valence-electron chi connectivity index (χ0n) is 10.3. The number of rotatable bonds is 3. The molecule has 0 aromatic rings. The lowest BCUT2D eigenvalue weighted by molar-refractivity contribution is -0.124. The molecule has 2 heterocycles. The lowest BCUT2D eigenvalue weighted by Gasteiger charge is -2.27. The van der Waals surface area contributed by atoms with Crippen LogP contribution in [0, 0.1) is 5.92 Å². The molecule has 17 heavy (non-hydrogen) atoms. The summed E-state index contributed by atoms with van der Waals surface area (Å²) in [4.78, 5) is 22.9. The number of hydrogen-bond donors (Lipinski definition) is 3. The second kappa shape index (κ2) is 5.49. The van der Waals surface area contributed by atoms with E-state index in [1.165, 1.54) is 0 Å². The van der Waals surface area contributed by atoms with Gasteiger partial charge in [0.25, 0.3) is 0 Å². The van der Waals surface area contributed by atoms with Crippen LogP contribution >= 0.6 is 0 Å². The fourth-order valence-corrected chi connectivity index (χ4v) is 2.48. The average molecular weight is 239 g/mol. The number of piperidine rings is 1. The zero-order chi connectivity index (χ0) is 12.3. The van der Waals surface area contributed by atoms with Crippen LogP contribution in [0.5, 0.6) is 0 Å². The molecule has 3 atom stereocenters.